The minimum atomic E-state index is -0.927. The van der Waals surface area contributed by atoms with E-state index in [9.17, 15) is 14.0 Å². The Balaban J connectivity index is 1.48. The molecule has 3 heterocycles. The van der Waals surface area contributed by atoms with E-state index in [1.165, 1.54) is 6.07 Å². The van der Waals surface area contributed by atoms with Crippen LogP contribution in [0.1, 0.15) is 70.4 Å². The van der Waals surface area contributed by atoms with Gasteiger partial charge in [0.25, 0.3) is 0 Å². The number of hydrogen-bond donors (Lipinski definition) is 3. The summed E-state index contributed by atoms with van der Waals surface area (Å²) in [6.45, 7) is 6.66. The molecule has 0 radical (unpaired) electrons. The maximum absolute atomic E-state index is 14.0. The van der Waals surface area contributed by atoms with Gasteiger partial charge in [0, 0.05) is 18.5 Å². The molecule has 3 N–H and O–H groups in total. The van der Waals surface area contributed by atoms with E-state index in [1.807, 2.05) is 18.7 Å². The normalized spacial score (nSPS) is 17.1. The number of halogens is 1. The Hall–Kier alpha value is -3.50. The Morgan fingerprint density at radius 1 is 1.29 bits per heavy atom. The maximum atomic E-state index is 14.0. The smallest absolute Gasteiger partial charge is 0.322 e. The number of anilines is 1. The van der Waals surface area contributed by atoms with Gasteiger partial charge in [-0.15, -0.1) is 0 Å². The van der Waals surface area contributed by atoms with E-state index >= 15 is 0 Å². The topological polar surface area (TPSA) is 129 Å². The molecule has 1 saturated heterocycles. The van der Waals surface area contributed by atoms with Crippen LogP contribution in [0.5, 0.6) is 0 Å². The van der Waals surface area contributed by atoms with E-state index in [0.29, 0.717) is 23.7 Å². The van der Waals surface area contributed by atoms with Crippen molar-refractivity contribution >= 4 is 28.9 Å². The molecule has 3 aromatic rings. The van der Waals surface area contributed by atoms with Crippen LogP contribution in [-0.2, 0) is 16.1 Å². The summed E-state index contributed by atoms with van der Waals surface area (Å²) < 4.78 is 19.2. The van der Waals surface area contributed by atoms with Crippen molar-refractivity contribution in [3.8, 4) is 0 Å². The highest BCUT2D eigenvalue weighted by molar-refractivity contribution is 5.90. The number of carbonyl (C=O) groups excluding carboxylic acids is 2. The van der Waals surface area contributed by atoms with Crippen LogP contribution < -0.4 is 10.6 Å². The molecule has 0 saturated carbocycles. The third kappa shape index (κ3) is 5.77. The summed E-state index contributed by atoms with van der Waals surface area (Å²) in [4.78, 5) is 39.7. The fourth-order valence-corrected chi connectivity index (χ4v) is 4.36. The number of H-pyrrole nitrogens is 1. The van der Waals surface area contributed by atoms with Crippen molar-refractivity contribution in [2.24, 2.45) is 0 Å². The molecule has 0 bridgehead atoms. The van der Waals surface area contributed by atoms with E-state index in [0.717, 1.165) is 25.7 Å². The SMILES string of the molecule is CC[C@H]1CCCCN1C(=O)C[C@H](Nc1nc(C(C)C)no1)C(=O)NCc1nc2c(F)cccc2[nH]1. The summed E-state index contributed by atoms with van der Waals surface area (Å²) in [6, 6.07) is 3.97. The Labute approximate surface area is 203 Å². The summed E-state index contributed by atoms with van der Waals surface area (Å²) in [7, 11) is 0. The van der Waals surface area contributed by atoms with Gasteiger partial charge in [-0.3, -0.25) is 9.59 Å². The molecule has 0 unspecified atom stereocenters. The first-order valence-electron chi connectivity index (χ1n) is 12.2. The number of fused-ring (bicyclic) bond motifs is 1. The lowest BCUT2D eigenvalue weighted by Crippen LogP contribution is -2.48. The van der Waals surface area contributed by atoms with Gasteiger partial charge in [-0.25, -0.2) is 9.37 Å². The molecule has 2 aromatic heterocycles. The van der Waals surface area contributed by atoms with Crippen LogP contribution >= 0.6 is 0 Å². The maximum Gasteiger partial charge on any atom is 0.322 e. The number of benzene rings is 1. The van der Waals surface area contributed by atoms with Crippen molar-refractivity contribution in [2.75, 3.05) is 11.9 Å². The summed E-state index contributed by atoms with van der Waals surface area (Å²) >= 11 is 0. The monoisotopic (exact) mass is 485 g/mol. The average Bonchev–Trinajstić information content (AvgIpc) is 3.50. The number of para-hydroxylation sites is 1. The van der Waals surface area contributed by atoms with Crippen LogP contribution in [0.3, 0.4) is 0 Å². The third-order valence-electron chi connectivity index (χ3n) is 6.31. The van der Waals surface area contributed by atoms with Gasteiger partial charge in [0.15, 0.2) is 11.6 Å². The largest absolute Gasteiger partial charge is 0.347 e. The number of amides is 2. The summed E-state index contributed by atoms with van der Waals surface area (Å²) in [5.74, 6) is 0.00303. The number of hydrogen-bond acceptors (Lipinski definition) is 7. The van der Waals surface area contributed by atoms with Gasteiger partial charge in [0.05, 0.1) is 18.5 Å². The first kappa shape index (κ1) is 24.6. The van der Waals surface area contributed by atoms with Gasteiger partial charge < -0.3 is 25.0 Å². The Morgan fingerprint density at radius 3 is 2.83 bits per heavy atom. The van der Waals surface area contributed by atoms with Crippen LogP contribution in [0.15, 0.2) is 22.7 Å². The molecule has 10 nitrogen and oxygen atoms in total. The van der Waals surface area contributed by atoms with Crippen molar-refractivity contribution < 1.29 is 18.5 Å². The van der Waals surface area contributed by atoms with Crippen LogP contribution in [0, 0.1) is 5.82 Å². The number of carbonyl (C=O) groups is 2. The number of rotatable bonds is 9. The van der Waals surface area contributed by atoms with Crippen LogP contribution in [0.2, 0.25) is 0 Å². The van der Waals surface area contributed by atoms with Gasteiger partial charge in [0.1, 0.15) is 17.4 Å². The molecule has 1 aliphatic rings. The molecule has 188 valence electrons. The molecule has 0 aliphatic carbocycles. The number of likely N-dealkylation sites (tertiary alicyclic amines) is 1. The first-order chi connectivity index (χ1) is 16.9. The minimum absolute atomic E-state index is 0.0434. The first-order valence-corrected chi connectivity index (χ1v) is 12.2. The molecular weight excluding hydrogens is 453 g/mol. The van der Waals surface area contributed by atoms with Gasteiger partial charge in [-0.1, -0.05) is 32.0 Å². The minimum Gasteiger partial charge on any atom is -0.347 e. The Bertz CT molecular complexity index is 1180. The Kier molecular flexibility index (Phi) is 7.62. The highest BCUT2D eigenvalue weighted by Gasteiger charge is 2.31. The molecule has 2 amide bonds. The van der Waals surface area contributed by atoms with E-state index in [1.54, 1.807) is 12.1 Å². The van der Waals surface area contributed by atoms with Crippen molar-refractivity contribution in [3.05, 3.63) is 35.7 Å². The predicted molar refractivity (Wildman–Crippen MR) is 128 cm³/mol. The molecule has 2 atom stereocenters. The summed E-state index contributed by atoms with van der Waals surface area (Å²) in [5.41, 5.74) is 0.756. The van der Waals surface area contributed by atoms with E-state index < -0.39 is 17.8 Å². The molecule has 35 heavy (non-hydrogen) atoms. The lowest BCUT2D eigenvalue weighted by molar-refractivity contribution is -0.137. The highest BCUT2D eigenvalue weighted by Crippen LogP contribution is 2.22. The second kappa shape index (κ2) is 10.8. The second-order valence-electron chi connectivity index (χ2n) is 9.20. The van der Waals surface area contributed by atoms with Gasteiger partial charge in [-0.05, 0) is 37.8 Å². The number of piperidine rings is 1. The van der Waals surface area contributed by atoms with Crippen molar-refractivity contribution in [2.45, 2.75) is 77.4 Å². The second-order valence-corrected chi connectivity index (χ2v) is 9.20. The number of imidazole rings is 1. The third-order valence-corrected chi connectivity index (χ3v) is 6.31. The fraction of sp³-hybridized carbons (Fsp3) is 0.542. The molecular formula is C24H32FN7O3. The number of aromatic nitrogens is 4. The predicted octanol–water partition coefficient (Wildman–Crippen LogP) is 3.49. The van der Waals surface area contributed by atoms with Crippen molar-refractivity contribution in [1.82, 2.24) is 30.3 Å². The van der Waals surface area contributed by atoms with Gasteiger partial charge in [0.2, 0.25) is 11.8 Å². The molecule has 1 aromatic carbocycles. The summed E-state index contributed by atoms with van der Waals surface area (Å²) in [5, 5.41) is 9.65. The van der Waals surface area contributed by atoms with Crippen molar-refractivity contribution in [3.63, 3.8) is 0 Å². The quantitative estimate of drug-likeness (QED) is 0.423. The molecule has 11 heteroatoms. The Morgan fingerprint density at radius 2 is 2.11 bits per heavy atom. The lowest BCUT2D eigenvalue weighted by Gasteiger charge is -2.36. The number of aromatic amines is 1. The van der Waals surface area contributed by atoms with Crippen LogP contribution in [0.4, 0.5) is 10.4 Å². The van der Waals surface area contributed by atoms with Gasteiger partial charge in [-0.2, -0.15) is 4.98 Å². The average molecular weight is 486 g/mol. The zero-order valence-electron chi connectivity index (χ0n) is 20.3. The van der Waals surface area contributed by atoms with E-state index in [2.05, 4.69) is 37.7 Å². The zero-order valence-corrected chi connectivity index (χ0v) is 20.3. The van der Waals surface area contributed by atoms with E-state index in [-0.39, 0.29) is 42.4 Å². The van der Waals surface area contributed by atoms with Crippen LogP contribution in [-0.4, -0.2) is 55.5 Å². The van der Waals surface area contributed by atoms with Crippen LogP contribution in [0.25, 0.3) is 11.0 Å². The lowest BCUT2D eigenvalue weighted by atomic mass is 9.99. The zero-order chi connectivity index (χ0) is 24.9. The fourth-order valence-electron chi connectivity index (χ4n) is 4.36. The van der Waals surface area contributed by atoms with Crippen molar-refractivity contribution in [1.29, 1.82) is 0 Å². The molecule has 4 rings (SSSR count). The summed E-state index contributed by atoms with van der Waals surface area (Å²) in [6.07, 6.45) is 3.84. The number of nitrogens with one attached hydrogen (secondary N) is 3. The van der Waals surface area contributed by atoms with E-state index in [4.69, 9.17) is 4.52 Å². The molecule has 0 spiro atoms. The highest BCUT2D eigenvalue weighted by atomic mass is 19.1. The number of nitrogens with zero attached hydrogens (tertiary/aromatic N) is 4. The molecule has 1 aliphatic heterocycles. The standard InChI is InChI=1S/C24H32FN7O3/c1-4-15-8-5-6-11-32(15)20(33)12-18(28-24-30-22(14(2)3)31-35-24)23(34)26-13-19-27-17-10-7-9-16(25)21(17)29-19/h7,9-10,14-15,18H,4-6,8,11-13H2,1-3H3,(H,26,34)(H,27,29)(H,28,30,31)/t15-,18-/m0/s1. The molecule has 1 fully saturated rings. The van der Waals surface area contributed by atoms with Gasteiger partial charge >= 0.3 is 6.01 Å².